The molecular formula is C15H10N4O. The standard InChI is InChI=1S/C15H10N4O/c16-8-9-4-3-7-12-13(9)10-5-1-2-6-11(10)14(12)18-19-15(17)20/h1-7H,(H3,17,19,20)/b18-14+. The Morgan fingerprint density at radius 2 is 1.80 bits per heavy atom. The van der Waals surface area contributed by atoms with Gasteiger partial charge in [-0.05, 0) is 11.6 Å². The SMILES string of the molecule is N#Cc1cccc2c1-c1ccccc1/C2=N\NC(N)=O. The summed E-state index contributed by atoms with van der Waals surface area (Å²) in [5.74, 6) is 0. The van der Waals surface area contributed by atoms with Gasteiger partial charge in [0.2, 0.25) is 0 Å². The quantitative estimate of drug-likeness (QED) is 0.656. The summed E-state index contributed by atoms with van der Waals surface area (Å²) in [5, 5.41) is 13.3. The molecule has 0 unspecified atom stereocenters. The third-order valence-corrected chi connectivity index (χ3v) is 3.17. The highest BCUT2D eigenvalue weighted by molar-refractivity contribution is 6.25. The minimum atomic E-state index is -0.722. The average molecular weight is 262 g/mol. The summed E-state index contributed by atoms with van der Waals surface area (Å²) < 4.78 is 0. The van der Waals surface area contributed by atoms with Gasteiger partial charge in [0.15, 0.2) is 0 Å². The highest BCUT2D eigenvalue weighted by Gasteiger charge is 2.26. The molecule has 2 aromatic carbocycles. The molecule has 0 aliphatic heterocycles. The molecule has 2 amide bonds. The van der Waals surface area contributed by atoms with Crippen molar-refractivity contribution in [3.05, 3.63) is 59.2 Å². The molecule has 5 nitrogen and oxygen atoms in total. The maximum Gasteiger partial charge on any atom is 0.332 e. The number of carbonyl (C=O) groups is 1. The van der Waals surface area contributed by atoms with E-state index in [9.17, 15) is 10.1 Å². The lowest BCUT2D eigenvalue weighted by Gasteiger charge is -2.02. The topological polar surface area (TPSA) is 91.3 Å². The van der Waals surface area contributed by atoms with Crippen LogP contribution in [0.3, 0.4) is 0 Å². The van der Waals surface area contributed by atoms with Gasteiger partial charge in [-0.1, -0.05) is 36.4 Å². The number of rotatable bonds is 1. The highest BCUT2D eigenvalue weighted by Crippen LogP contribution is 2.38. The van der Waals surface area contributed by atoms with Crippen LogP contribution in [0.5, 0.6) is 0 Å². The van der Waals surface area contributed by atoms with E-state index in [0.29, 0.717) is 11.3 Å². The number of benzene rings is 2. The molecular weight excluding hydrogens is 252 g/mol. The lowest BCUT2D eigenvalue weighted by atomic mass is 10.0. The summed E-state index contributed by atoms with van der Waals surface area (Å²) in [6.07, 6.45) is 0. The van der Waals surface area contributed by atoms with E-state index in [1.165, 1.54) is 0 Å². The summed E-state index contributed by atoms with van der Waals surface area (Å²) in [5.41, 5.74) is 12.0. The molecule has 96 valence electrons. The van der Waals surface area contributed by atoms with Crippen molar-refractivity contribution >= 4 is 11.7 Å². The molecule has 0 fully saturated rings. The van der Waals surface area contributed by atoms with Crippen molar-refractivity contribution in [2.45, 2.75) is 0 Å². The van der Waals surface area contributed by atoms with Crippen LogP contribution >= 0.6 is 0 Å². The Morgan fingerprint density at radius 3 is 2.50 bits per heavy atom. The predicted molar refractivity (Wildman–Crippen MR) is 75.0 cm³/mol. The van der Waals surface area contributed by atoms with Crippen LogP contribution in [-0.4, -0.2) is 11.7 Å². The molecule has 0 atom stereocenters. The summed E-state index contributed by atoms with van der Waals surface area (Å²) >= 11 is 0. The first-order chi connectivity index (χ1) is 9.72. The largest absolute Gasteiger partial charge is 0.350 e. The smallest absolute Gasteiger partial charge is 0.332 e. The summed E-state index contributed by atoms with van der Waals surface area (Å²) in [7, 11) is 0. The summed E-state index contributed by atoms with van der Waals surface area (Å²) in [4.78, 5) is 10.9. The molecule has 1 aliphatic carbocycles. The van der Waals surface area contributed by atoms with Gasteiger partial charge in [0.05, 0.1) is 17.3 Å². The fourth-order valence-electron chi connectivity index (χ4n) is 2.42. The van der Waals surface area contributed by atoms with Crippen LogP contribution in [0.4, 0.5) is 4.79 Å². The van der Waals surface area contributed by atoms with E-state index in [0.717, 1.165) is 22.3 Å². The Kier molecular flexibility index (Phi) is 2.70. The lowest BCUT2D eigenvalue weighted by Crippen LogP contribution is -2.25. The number of carbonyl (C=O) groups excluding carboxylic acids is 1. The van der Waals surface area contributed by atoms with Crippen LogP contribution in [0.1, 0.15) is 16.7 Å². The van der Waals surface area contributed by atoms with Gasteiger partial charge in [0.1, 0.15) is 0 Å². The van der Waals surface area contributed by atoms with Gasteiger partial charge < -0.3 is 5.73 Å². The Morgan fingerprint density at radius 1 is 1.10 bits per heavy atom. The number of nitrogens with zero attached hydrogens (tertiary/aromatic N) is 2. The first kappa shape index (κ1) is 11.9. The van der Waals surface area contributed by atoms with Crippen molar-refractivity contribution in [2.24, 2.45) is 10.8 Å². The summed E-state index contributed by atoms with van der Waals surface area (Å²) in [6, 6.07) is 14.5. The minimum Gasteiger partial charge on any atom is -0.350 e. The van der Waals surface area contributed by atoms with Crippen LogP contribution in [-0.2, 0) is 0 Å². The third-order valence-electron chi connectivity index (χ3n) is 3.17. The number of primary amides is 1. The Balaban J connectivity index is 2.29. The Bertz CT molecular complexity index is 787. The molecule has 0 bridgehead atoms. The number of hydrogen-bond acceptors (Lipinski definition) is 3. The predicted octanol–water partition coefficient (Wildman–Crippen LogP) is 1.96. The fourth-order valence-corrected chi connectivity index (χ4v) is 2.42. The maximum atomic E-state index is 10.9. The number of hydrogen-bond donors (Lipinski definition) is 2. The zero-order chi connectivity index (χ0) is 14.1. The van der Waals surface area contributed by atoms with Crippen LogP contribution in [0.15, 0.2) is 47.6 Å². The number of urea groups is 1. The number of amides is 2. The number of fused-ring (bicyclic) bond motifs is 3. The van der Waals surface area contributed by atoms with Crippen LogP contribution < -0.4 is 11.2 Å². The van der Waals surface area contributed by atoms with E-state index in [1.807, 2.05) is 30.3 Å². The Labute approximate surface area is 115 Å². The van der Waals surface area contributed by atoms with Crippen molar-refractivity contribution in [3.63, 3.8) is 0 Å². The first-order valence-corrected chi connectivity index (χ1v) is 5.98. The highest BCUT2D eigenvalue weighted by atomic mass is 16.2. The van der Waals surface area contributed by atoms with Gasteiger partial charge in [-0.3, -0.25) is 0 Å². The van der Waals surface area contributed by atoms with Crippen molar-refractivity contribution < 1.29 is 4.79 Å². The molecule has 0 aromatic heterocycles. The van der Waals surface area contributed by atoms with Gasteiger partial charge in [-0.25, -0.2) is 10.2 Å². The van der Waals surface area contributed by atoms with E-state index >= 15 is 0 Å². The molecule has 0 saturated heterocycles. The third kappa shape index (κ3) is 1.71. The van der Waals surface area contributed by atoms with Crippen LogP contribution in [0.2, 0.25) is 0 Å². The number of nitrogens with two attached hydrogens (primary N) is 1. The van der Waals surface area contributed by atoms with Gasteiger partial charge in [-0.2, -0.15) is 10.4 Å². The zero-order valence-corrected chi connectivity index (χ0v) is 10.4. The summed E-state index contributed by atoms with van der Waals surface area (Å²) in [6.45, 7) is 0. The number of hydrazone groups is 1. The van der Waals surface area contributed by atoms with Gasteiger partial charge in [0.25, 0.3) is 0 Å². The number of nitriles is 1. The van der Waals surface area contributed by atoms with E-state index in [4.69, 9.17) is 5.73 Å². The van der Waals surface area contributed by atoms with E-state index in [-0.39, 0.29) is 0 Å². The van der Waals surface area contributed by atoms with E-state index in [1.54, 1.807) is 12.1 Å². The minimum absolute atomic E-state index is 0.583. The molecule has 20 heavy (non-hydrogen) atoms. The second-order valence-corrected chi connectivity index (χ2v) is 4.32. The molecule has 3 rings (SSSR count). The molecule has 1 aliphatic rings. The van der Waals surface area contributed by atoms with Crippen LogP contribution in [0.25, 0.3) is 11.1 Å². The molecule has 0 spiro atoms. The van der Waals surface area contributed by atoms with E-state index < -0.39 is 6.03 Å². The average Bonchev–Trinajstić information content (AvgIpc) is 2.79. The molecule has 5 heteroatoms. The van der Waals surface area contributed by atoms with Crippen molar-refractivity contribution in [1.29, 1.82) is 5.26 Å². The molecule has 0 radical (unpaired) electrons. The van der Waals surface area contributed by atoms with Gasteiger partial charge >= 0.3 is 6.03 Å². The lowest BCUT2D eigenvalue weighted by molar-refractivity contribution is 0.249. The van der Waals surface area contributed by atoms with Crippen molar-refractivity contribution in [1.82, 2.24) is 5.43 Å². The Hall–Kier alpha value is -3.13. The normalized spacial score (nSPS) is 13.4. The molecule has 3 N–H and O–H groups in total. The maximum absolute atomic E-state index is 10.9. The monoisotopic (exact) mass is 262 g/mol. The van der Waals surface area contributed by atoms with Gasteiger partial charge in [-0.15, -0.1) is 0 Å². The van der Waals surface area contributed by atoms with Crippen LogP contribution in [0, 0.1) is 11.3 Å². The zero-order valence-electron chi connectivity index (χ0n) is 10.4. The fraction of sp³-hybridized carbons (Fsp3) is 0. The first-order valence-electron chi connectivity index (χ1n) is 5.98. The number of nitrogens with one attached hydrogen (secondary N) is 1. The van der Waals surface area contributed by atoms with Gasteiger partial charge in [0, 0.05) is 16.7 Å². The second-order valence-electron chi connectivity index (χ2n) is 4.32. The molecule has 2 aromatic rings. The molecule has 0 saturated carbocycles. The molecule has 0 heterocycles. The van der Waals surface area contributed by atoms with Crippen molar-refractivity contribution in [3.8, 4) is 17.2 Å². The second kappa shape index (κ2) is 4.52. The van der Waals surface area contributed by atoms with Crippen molar-refractivity contribution in [2.75, 3.05) is 0 Å². The van der Waals surface area contributed by atoms with E-state index in [2.05, 4.69) is 16.6 Å².